The SMILES string of the molecule is CCCCO[C@@H](C)CC. The monoisotopic (exact) mass is 130 g/mol. The van der Waals surface area contributed by atoms with Gasteiger partial charge in [-0.1, -0.05) is 20.3 Å². The Labute approximate surface area is 58.4 Å². The van der Waals surface area contributed by atoms with Crippen LogP contribution in [0.4, 0.5) is 0 Å². The van der Waals surface area contributed by atoms with E-state index in [9.17, 15) is 0 Å². The molecule has 56 valence electrons. The lowest BCUT2D eigenvalue weighted by molar-refractivity contribution is 0.0617. The Bertz CT molecular complexity index is 52.5. The molecule has 0 unspecified atom stereocenters. The maximum Gasteiger partial charge on any atom is 0.0544 e. The van der Waals surface area contributed by atoms with E-state index in [2.05, 4.69) is 20.8 Å². The topological polar surface area (TPSA) is 9.23 Å². The number of ether oxygens (including phenoxy) is 1. The van der Waals surface area contributed by atoms with Crippen molar-refractivity contribution in [2.45, 2.75) is 46.1 Å². The summed E-state index contributed by atoms with van der Waals surface area (Å²) in [7, 11) is 0. The van der Waals surface area contributed by atoms with Crippen LogP contribution in [-0.2, 0) is 4.74 Å². The lowest BCUT2D eigenvalue weighted by Crippen LogP contribution is -2.06. The summed E-state index contributed by atoms with van der Waals surface area (Å²) in [6, 6.07) is 0. The Kier molecular flexibility index (Phi) is 6.06. The summed E-state index contributed by atoms with van der Waals surface area (Å²) in [5.41, 5.74) is 0. The summed E-state index contributed by atoms with van der Waals surface area (Å²) in [5, 5.41) is 0. The summed E-state index contributed by atoms with van der Waals surface area (Å²) < 4.78 is 5.43. The van der Waals surface area contributed by atoms with E-state index >= 15 is 0 Å². The van der Waals surface area contributed by atoms with Gasteiger partial charge < -0.3 is 4.74 Å². The molecular weight excluding hydrogens is 112 g/mol. The molecule has 0 aliphatic heterocycles. The minimum Gasteiger partial charge on any atom is -0.379 e. The van der Waals surface area contributed by atoms with Gasteiger partial charge in [0.2, 0.25) is 0 Å². The highest BCUT2D eigenvalue weighted by Crippen LogP contribution is 1.97. The zero-order chi connectivity index (χ0) is 7.11. The number of rotatable bonds is 5. The first-order valence-electron chi connectivity index (χ1n) is 3.92. The predicted octanol–water partition coefficient (Wildman–Crippen LogP) is 2.60. The number of unbranched alkanes of at least 4 members (excludes halogenated alkanes) is 1. The molecule has 0 aromatic heterocycles. The van der Waals surface area contributed by atoms with Crippen molar-refractivity contribution in [3.63, 3.8) is 0 Å². The van der Waals surface area contributed by atoms with Gasteiger partial charge in [-0.3, -0.25) is 0 Å². The van der Waals surface area contributed by atoms with Crippen LogP contribution in [0.1, 0.15) is 40.0 Å². The number of hydrogen-bond acceptors (Lipinski definition) is 1. The molecule has 0 spiro atoms. The zero-order valence-electron chi connectivity index (χ0n) is 6.81. The molecule has 0 amide bonds. The average molecular weight is 130 g/mol. The van der Waals surface area contributed by atoms with Crippen molar-refractivity contribution < 1.29 is 4.74 Å². The second-order valence-electron chi connectivity index (χ2n) is 2.44. The van der Waals surface area contributed by atoms with E-state index in [4.69, 9.17) is 4.74 Å². The molecule has 0 fully saturated rings. The first-order chi connectivity index (χ1) is 4.31. The van der Waals surface area contributed by atoms with Crippen molar-refractivity contribution in [2.24, 2.45) is 0 Å². The van der Waals surface area contributed by atoms with Gasteiger partial charge in [-0.05, 0) is 19.8 Å². The maximum atomic E-state index is 5.43. The fourth-order valence-electron chi connectivity index (χ4n) is 0.547. The smallest absolute Gasteiger partial charge is 0.0544 e. The summed E-state index contributed by atoms with van der Waals surface area (Å²) in [5.74, 6) is 0. The van der Waals surface area contributed by atoms with Gasteiger partial charge in [0.15, 0.2) is 0 Å². The summed E-state index contributed by atoms with van der Waals surface area (Å²) in [6.45, 7) is 7.39. The van der Waals surface area contributed by atoms with E-state index in [1.807, 2.05) is 0 Å². The van der Waals surface area contributed by atoms with Gasteiger partial charge >= 0.3 is 0 Å². The third-order valence-electron chi connectivity index (χ3n) is 1.48. The fraction of sp³-hybridized carbons (Fsp3) is 1.00. The van der Waals surface area contributed by atoms with E-state index in [1.54, 1.807) is 0 Å². The molecule has 0 bridgehead atoms. The zero-order valence-corrected chi connectivity index (χ0v) is 6.81. The third kappa shape index (κ3) is 5.84. The van der Waals surface area contributed by atoms with Crippen LogP contribution in [0, 0.1) is 0 Å². The highest BCUT2D eigenvalue weighted by molar-refractivity contribution is 4.43. The Morgan fingerprint density at radius 2 is 2.00 bits per heavy atom. The third-order valence-corrected chi connectivity index (χ3v) is 1.48. The van der Waals surface area contributed by atoms with Gasteiger partial charge in [-0.25, -0.2) is 0 Å². The van der Waals surface area contributed by atoms with E-state index in [-0.39, 0.29) is 0 Å². The maximum absolute atomic E-state index is 5.43. The van der Waals surface area contributed by atoms with E-state index in [0.717, 1.165) is 13.0 Å². The van der Waals surface area contributed by atoms with Crippen molar-refractivity contribution >= 4 is 0 Å². The Morgan fingerprint density at radius 1 is 1.33 bits per heavy atom. The first-order valence-corrected chi connectivity index (χ1v) is 3.92. The molecule has 0 aliphatic carbocycles. The lowest BCUT2D eigenvalue weighted by Gasteiger charge is -2.08. The summed E-state index contributed by atoms with van der Waals surface area (Å²) in [6.07, 6.45) is 4.02. The number of hydrogen-bond donors (Lipinski definition) is 0. The molecule has 0 heterocycles. The molecule has 0 N–H and O–H groups in total. The van der Waals surface area contributed by atoms with Crippen LogP contribution in [0.3, 0.4) is 0 Å². The Hall–Kier alpha value is -0.0400. The molecule has 0 aromatic rings. The highest BCUT2D eigenvalue weighted by Gasteiger charge is 1.94. The molecule has 0 rings (SSSR count). The second-order valence-corrected chi connectivity index (χ2v) is 2.44. The van der Waals surface area contributed by atoms with Crippen LogP contribution < -0.4 is 0 Å². The van der Waals surface area contributed by atoms with E-state index < -0.39 is 0 Å². The van der Waals surface area contributed by atoms with Crippen molar-refractivity contribution in [3.8, 4) is 0 Å². The predicted molar refractivity (Wildman–Crippen MR) is 40.6 cm³/mol. The summed E-state index contributed by atoms with van der Waals surface area (Å²) >= 11 is 0. The second kappa shape index (κ2) is 6.09. The standard InChI is InChI=1S/C8H18O/c1-4-6-7-9-8(3)5-2/h8H,4-7H2,1-3H3/t8-/m0/s1. The molecule has 1 heteroatoms. The minimum atomic E-state index is 0.455. The van der Waals surface area contributed by atoms with Crippen LogP contribution in [0.5, 0.6) is 0 Å². The molecule has 0 aromatic carbocycles. The van der Waals surface area contributed by atoms with Gasteiger partial charge in [0.05, 0.1) is 6.10 Å². The van der Waals surface area contributed by atoms with Crippen LogP contribution in [0.2, 0.25) is 0 Å². The van der Waals surface area contributed by atoms with E-state index in [1.165, 1.54) is 12.8 Å². The van der Waals surface area contributed by atoms with Crippen LogP contribution in [0.25, 0.3) is 0 Å². The normalized spacial score (nSPS) is 13.7. The van der Waals surface area contributed by atoms with Gasteiger partial charge in [-0.2, -0.15) is 0 Å². The van der Waals surface area contributed by atoms with Crippen molar-refractivity contribution in [1.82, 2.24) is 0 Å². The van der Waals surface area contributed by atoms with Gasteiger partial charge in [0, 0.05) is 6.61 Å². The van der Waals surface area contributed by atoms with Crippen molar-refractivity contribution in [3.05, 3.63) is 0 Å². The molecule has 1 atom stereocenters. The van der Waals surface area contributed by atoms with Gasteiger partial charge in [0.1, 0.15) is 0 Å². The summed E-state index contributed by atoms with van der Waals surface area (Å²) in [4.78, 5) is 0. The molecule has 0 aliphatic rings. The minimum absolute atomic E-state index is 0.455. The van der Waals surface area contributed by atoms with Crippen molar-refractivity contribution in [1.29, 1.82) is 0 Å². The molecule has 0 radical (unpaired) electrons. The van der Waals surface area contributed by atoms with Crippen LogP contribution in [0.15, 0.2) is 0 Å². The largest absolute Gasteiger partial charge is 0.379 e. The van der Waals surface area contributed by atoms with Crippen LogP contribution in [-0.4, -0.2) is 12.7 Å². The van der Waals surface area contributed by atoms with Gasteiger partial charge in [0.25, 0.3) is 0 Å². The quantitative estimate of drug-likeness (QED) is 0.520. The Morgan fingerprint density at radius 3 is 2.44 bits per heavy atom. The van der Waals surface area contributed by atoms with E-state index in [0.29, 0.717) is 6.10 Å². The molecule has 0 saturated carbocycles. The molecule has 9 heavy (non-hydrogen) atoms. The first kappa shape index (κ1) is 8.96. The van der Waals surface area contributed by atoms with Crippen LogP contribution >= 0.6 is 0 Å². The molecule has 0 saturated heterocycles. The molecule has 1 nitrogen and oxygen atoms in total. The highest BCUT2D eigenvalue weighted by atomic mass is 16.5. The van der Waals surface area contributed by atoms with Crippen molar-refractivity contribution in [2.75, 3.05) is 6.61 Å². The molecular formula is C8H18O. The Balaban J connectivity index is 2.88. The fourth-order valence-corrected chi connectivity index (χ4v) is 0.547. The van der Waals surface area contributed by atoms with Gasteiger partial charge in [-0.15, -0.1) is 0 Å². The lowest BCUT2D eigenvalue weighted by atomic mass is 10.3. The average Bonchev–Trinajstić information content (AvgIpc) is 1.89.